The fraction of sp³-hybridized carbons (Fsp3) is 0.471. The number of nitrogens with zero attached hydrogens (tertiary/aromatic N) is 2. The van der Waals surface area contributed by atoms with Crippen molar-refractivity contribution in [1.29, 1.82) is 0 Å². The lowest BCUT2D eigenvalue weighted by molar-refractivity contribution is 0.537. The highest BCUT2D eigenvalue weighted by molar-refractivity contribution is 5.36. The summed E-state index contributed by atoms with van der Waals surface area (Å²) in [4.78, 5) is 0. The first-order chi connectivity index (χ1) is 8.69. The van der Waals surface area contributed by atoms with Crippen molar-refractivity contribution in [3.8, 4) is 5.69 Å². The van der Waals surface area contributed by atoms with Crippen LogP contribution in [0.4, 0.5) is 0 Å². The Kier molecular flexibility index (Phi) is 3.29. The second kappa shape index (κ2) is 4.52. The number of hydrogen-bond acceptors (Lipinski definition) is 1. The Morgan fingerprint density at radius 1 is 0.947 bits per heavy atom. The van der Waals surface area contributed by atoms with E-state index in [-0.39, 0.29) is 10.8 Å². The molecule has 0 aliphatic carbocycles. The SMILES string of the molecule is CC(C)(C)c1cc(C(C)(C)C)n(-c2cc[c]cc2)n1. The fourth-order valence-corrected chi connectivity index (χ4v) is 2.00. The molecule has 0 aliphatic heterocycles. The molecule has 0 bridgehead atoms. The largest absolute Gasteiger partial charge is 0.237 e. The number of hydrogen-bond donors (Lipinski definition) is 0. The Hall–Kier alpha value is -1.57. The Balaban J connectivity index is 2.63. The van der Waals surface area contributed by atoms with E-state index in [4.69, 9.17) is 5.10 Å². The summed E-state index contributed by atoms with van der Waals surface area (Å²) in [6, 6.07) is 13.3. The molecule has 1 radical (unpaired) electrons. The van der Waals surface area contributed by atoms with Crippen LogP contribution >= 0.6 is 0 Å². The minimum atomic E-state index is 0.0617. The highest BCUT2D eigenvalue weighted by atomic mass is 15.3. The van der Waals surface area contributed by atoms with Crippen molar-refractivity contribution in [1.82, 2.24) is 9.78 Å². The lowest BCUT2D eigenvalue weighted by atomic mass is 9.88. The average Bonchev–Trinajstić information content (AvgIpc) is 2.74. The van der Waals surface area contributed by atoms with E-state index in [1.54, 1.807) is 0 Å². The number of benzene rings is 1. The van der Waals surface area contributed by atoms with Gasteiger partial charge in [-0.2, -0.15) is 5.10 Å². The molecule has 101 valence electrons. The van der Waals surface area contributed by atoms with E-state index in [0.717, 1.165) is 11.4 Å². The summed E-state index contributed by atoms with van der Waals surface area (Å²) >= 11 is 0. The summed E-state index contributed by atoms with van der Waals surface area (Å²) in [5.41, 5.74) is 3.59. The molecule has 0 saturated heterocycles. The minimum absolute atomic E-state index is 0.0617. The van der Waals surface area contributed by atoms with Gasteiger partial charge >= 0.3 is 0 Å². The molecule has 19 heavy (non-hydrogen) atoms. The van der Waals surface area contributed by atoms with Crippen molar-refractivity contribution in [3.05, 3.63) is 47.8 Å². The molecule has 0 spiro atoms. The maximum atomic E-state index is 4.82. The first-order valence-electron chi connectivity index (χ1n) is 6.77. The van der Waals surface area contributed by atoms with Crippen LogP contribution in [0.3, 0.4) is 0 Å². The molecule has 1 aromatic carbocycles. The highest BCUT2D eigenvalue weighted by Gasteiger charge is 2.26. The van der Waals surface area contributed by atoms with Crippen LogP contribution in [0, 0.1) is 6.07 Å². The van der Waals surface area contributed by atoms with Crippen molar-refractivity contribution >= 4 is 0 Å². The van der Waals surface area contributed by atoms with Gasteiger partial charge in [0.05, 0.1) is 11.4 Å². The Labute approximate surface area is 116 Å². The molecule has 2 nitrogen and oxygen atoms in total. The van der Waals surface area contributed by atoms with Crippen LogP contribution in [0.1, 0.15) is 52.9 Å². The van der Waals surface area contributed by atoms with E-state index in [0.29, 0.717) is 0 Å². The zero-order chi connectivity index (χ0) is 14.3. The topological polar surface area (TPSA) is 17.8 Å². The number of rotatable bonds is 1. The number of aromatic nitrogens is 2. The van der Waals surface area contributed by atoms with Crippen LogP contribution in [0.2, 0.25) is 0 Å². The van der Waals surface area contributed by atoms with Gasteiger partial charge in [-0.3, -0.25) is 0 Å². The second-order valence-corrected chi connectivity index (χ2v) is 7.08. The maximum Gasteiger partial charge on any atom is 0.0685 e. The lowest BCUT2D eigenvalue weighted by Gasteiger charge is -2.20. The third kappa shape index (κ3) is 2.89. The van der Waals surface area contributed by atoms with Gasteiger partial charge in [0.25, 0.3) is 0 Å². The van der Waals surface area contributed by atoms with Crippen LogP contribution in [0.25, 0.3) is 5.69 Å². The van der Waals surface area contributed by atoms with Gasteiger partial charge in [-0.05, 0) is 24.3 Å². The maximum absolute atomic E-state index is 4.82. The Morgan fingerprint density at radius 2 is 1.53 bits per heavy atom. The fourth-order valence-electron chi connectivity index (χ4n) is 2.00. The predicted octanol–water partition coefficient (Wildman–Crippen LogP) is 4.27. The summed E-state index contributed by atoms with van der Waals surface area (Å²) in [5, 5.41) is 4.82. The van der Waals surface area contributed by atoms with Gasteiger partial charge < -0.3 is 0 Å². The van der Waals surface area contributed by atoms with Crippen LogP contribution < -0.4 is 0 Å². The average molecular weight is 255 g/mol. The van der Waals surface area contributed by atoms with E-state index in [2.05, 4.69) is 70.5 Å². The van der Waals surface area contributed by atoms with Crippen LogP contribution in [0.5, 0.6) is 0 Å². The third-order valence-electron chi connectivity index (χ3n) is 3.19. The van der Waals surface area contributed by atoms with E-state index in [9.17, 15) is 0 Å². The standard InChI is InChI=1S/C17H23N2/c1-16(2,3)14-12-15(17(4,5)6)19(18-14)13-10-8-7-9-11-13/h8-12H,1-6H3. The van der Waals surface area contributed by atoms with E-state index in [1.807, 2.05) is 12.1 Å². The summed E-state index contributed by atoms with van der Waals surface area (Å²) in [7, 11) is 0. The second-order valence-electron chi connectivity index (χ2n) is 7.08. The first kappa shape index (κ1) is 13.9. The summed E-state index contributed by atoms with van der Waals surface area (Å²) in [6.45, 7) is 13.3. The van der Waals surface area contributed by atoms with Crippen LogP contribution in [0.15, 0.2) is 30.3 Å². The van der Waals surface area contributed by atoms with Gasteiger partial charge in [0.1, 0.15) is 0 Å². The molecular weight excluding hydrogens is 232 g/mol. The molecule has 0 unspecified atom stereocenters. The molecule has 1 heterocycles. The predicted molar refractivity (Wildman–Crippen MR) is 79.8 cm³/mol. The first-order valence-corrected chi connectivity index (χ1v) is 6.77. The van der Waals surface area contributed by atoms with Gasteiger partial charge in [0.15, 0.2) is 0 Å². The monoisotopic (exact) mass is 255 g/mol. The minimum Gasteiger partial charge on any atom is -0.237 e. The van der Waals surface area contributed by atoms with Gasteiger partial charge in [-0.1, -0.05) is 53.7 Å². The molecule has 0 amide bonds. The molecule has 0 N–H and O–H groups in total. The molecule has 2 rings (SSSR count). The smallest absolute Gasteiger partial charge is 0.0685 e. The van der Waals surface area contributed by atoms with Crippen LogP contribution in [-0.4, -0.2) is 9.78 Å². The molecule has 0 fully saturated rings. The molecule has 0 aliphatic rings. The van der Waals surface area contributed by atoms with Crippen molar-refractivity contribution in [3.63, 3.8) is 0 Å². The summed E-state index contributed by atoms with van der Waals surface area (Å²) in [6.07, 6.45) is 0. The normalized spacial score (nSPS) is 12.7. The Bertz CT molecular complexity index is 551. The molecular formula is C17H23N2. The molecule has 0 atom stereocenters. The Morgan fingerprint density at radius 3 is 2.00 bits per heavy atom. The van der Waals surface area contributed by atoms with Gasteiger partial charge in [-0.15, -0.1) is 0 Å². The van der Waals surface area contributed by atoms with Crippen molar-refractivity contribution in [2.24, 2.45) is 0 Å². The van der Waals surface area contributed by atoms with E-state index < -0.39 is 0 Å². The molecule has 2 heteroatoms. The van der Waals surface area contributed by atoms with E-state index >= 15 is 0 Å². The summed E-state index contributed by atoms with van der Waals surface area (Å²) < 4.78 is 2.06. The van der Waals surface area contributed by atoms with Crippen molar-refractivity contribution in [2.75, 3.05) is 0 Å². The van der Waals surface area contributed by atoms with Gasteiger partial charge in [0, 0.05) is 16.5 Å². The third-order valence-corrected chi connectivity index (χ3v) is 3.19. The quantitative estimate of drug-likeness (QED) is 0.744. The summed E-state index contributed by atoms with van der Waals surface area (Å²) in [5.74, 6) is 0. The van der Waals surface area contributed by atoms with Gasteiger partial charge in [-0.25, -0.2) is 4.68 Å². The zero-order valence-electron chi connectivity index (χ0n) is 12.8. The molecule has 2 aromatic rings. The zero-order valence-corrected chi connectivity index (χ0v) is 12.8. The van der Waals surface area contributed by atoms with Crippen LogP contribution in [-0.2, 0) is 10.8 Å². The molecule has 0 saturated carbocycles. The van der Waals surface area contributed by atoms with Crippen molar-refractivity contribution in [2.45, 2.75) is 52.4 Å². The van der Waals surface area contributed by atoms with Crippen molar-refractivity contribution < 1.29 is 0 Å². The lowest BCUT2D eigenvalue weighted by Crippen LogP contribution is -2.17. The highest BCUT2D eigenvalue weighted by Crippen LogP contribution is 2.30. The van der Waals surface area contributed by atoms with Gasteiger partial charge in [0.2, 0.25) is 0 Å². The van der Waals surface area contributed by atoms with E-state index in [1.165, 1.54) is 5.69 Å². The molecule has 1 aromatic heterocycles.